The first-order chi connectivity index (χ1) is 12.5. The zero-order valence-electron chi connectivity index (χ0n) is 15.5. The van der Waals surface area contributed by atoms with Crippen LogP contribution in [0.3, 0.4) is 0 Å². The Balaban J connectivity index is 1.77. The maximum Gasteiger partial charge on any atom is 0.218 e. The third-order valence-electron chi connectivity index (χ3n) is 5.05. The number of sulfonamides is 1. The van der Waals surface area contributed by atoms with Crippen molar-refractivity contribution in [3.05, 3.63) is 65.2 Å². The van der Waals surface area contributed by atoms with Crippen LogP contribution in [0.15, 0.2) is 48.5 Å². The number of rotatable bonds is 5. The van der Waals surface area contributed by atoms with E-state index in [0.717, 1.165) is 36.1 Å². The molecule has 140 valence electrons. The Bertz CT molecular complexity index is 831. The van der Waals surface area contributed by atoms with Gasteiger partial charge in [-0.15, -0.1) is 0 Å². The van der Waals surface area contributed by atoms with E-state index in [4.69, 9.17) is 4.74 Å². The maximum atomic E-state index is 13.0. The second kappa shape index (κ2) is 8.23. The number of hydrogen-bond donors (Lipinski definition) is 0. The summed E-state index contributed by atoms with van der Waals surface area (Å²) >= 11 is 0. The Labute approximate surface area is 156 Å². The molecule has 4 nitrogen and oxygen atoms in total. The first-order valence-corrected chi connectivity index (χ1v) is 10.8. The number of nitrogens with zero attached hydrogens (tertiary/aromatic N) is 1. The predicted molar refractivity (Wildman–Crippen MR) is 105 cm³/mol. The average molecular weight is 374 g/mol. The van der Waals surface area contributed by atoms with Crippen LogP contribution >= 0.6 is 0 Å². The van der Waals surface area contributed by atoms with Crippen molar-refractivity contribution in [2.75, 3.05) is 20.2 Å². The van der Waals surface area contributed by atoms with Gasteiger partial charge in [-0.2, -0.15) is 0 Å². The first kappa shape index (κ1) is 18.9. The van der Waals surface area contributed by atoms with Crippen LogP contribution in [0.5, 0.6) is 5.75 Å². The Morgan fingerprint density at radius 2 is 1.88 bits per heavy atom. The largest absolute Gasteiger partial charge is 0.497 e. The van der Waals surface area contributed by atoms with E-state index in [1.165, 1.54) is 5.56 Å². The molecule has 0 spiro atoms. The minimum absolute atomic E-state index is 0.0734. The minimum Gasteiger partial charge on any atom is -0.497 e. The van der Waals surface area contributed by atoms with Crippen molar-refractivity contribution in [1.82, 2.24) is 4.31 Å². The summed E-state index contributed by atoms with van der Waals surface area (Å²) in [7, 11) is -1.67. The molecule has 1 aliphatic heterocycles. The SMILES string of the molecule is COc1ccc(C2CCCCN(S(=O)(=O)Cc3cccc(C)c3)C2)cc1. The third-order valence-corrected chi connectivity index (χ3v) is 6.86. The number of aryl methyl sites for hydroxylation is 1. The van der Waals surface area contributed by atoms with Crippen molar-refractivity contribution >= 4 is 10.0 Å². The van der Waals surface area contributed by atoms with Gasteiger partial charge in [0, 0.05) is 13.1 Å². The fraction of sp³-hybridized carbons (Fsp3) is 0.429. The second-order valence-corrected chi connectivity index (χ2v) is 9.04. The molecule has 2 aromatic carbocycles. The lowest BCUT2D eigenvalue weighted by molar-refractivity contribution is 0.404. The van der Waals surface area contributed by atoms with E-state index >= 15 is 0 Å². The normalized spacial score (nSPS) is 19.1. The highest BCUT2D eigenvalue weighted by Crippen LogP contribution is 2.29. The Hall–Kier alpha value is -1.85. The van der Waals surface area contributed by atoms with Gasteiger partial charge in [0.05, 0.1) is 12.9 Å². The molecular formula is C21H27NO3S. The van der Waals surface area contributed by atoms with Crippen LogP contribution in [0, 0.1) is 6.92 Å². The lowest BCUT2D eigenvalue weighted by Crippen LogP contribution is -2.35. The van der Waals surface area contributed by atoms with Crippen molar-refractivity contribution in [3.63, 3.8) is 0 Å². The summed E-state index contributed by atoms with van der Waals surface area (Å²) in [5, 5.41) is 0. The van der Waals surface area contributed by atoms with Crippen LogP contribution in [-0.2, 0) is 15.8 Å². The van der Waals surface area contributed by atoms with Gasteiger partial charge in [0.1, 0.15) is 5.75 Å². The summed E-state index contributed by atoms with van der Waals surface area (Å²) in [6, 6.07) is 15.8. The van der Waals surface area contributed by atoms with E-state index in [-0.39, 0.29) is 11.7 Å². The van der Waals surface area contributed by atoms with Gasteiger partial charge in [-0.25, -0.2) is 12.7 Å². The van der Waals surface area contributed by atoms with E-state index in [1.54, 1.807) is 11.4 Å². The number of benzene rings is 2. The van der Waals surface area contributed by atoms with Crippen molar-refractivity contribution in [2.24, 2.45) is 0 Å². The van der Waals surface area contributed by atoms with Gasteiger partial charge in [0.15, 0.2) is 0 Å². The molecule has 2 aromatic rings. The fourth-order valence-corrected chi connectivity index (χ4v) is 5.21. The Kier molecular flexibility index (Phi) is 5.99. The van der Waals surface area contributed by atoms with Gasteiger partial charge in [0.2, 0.25) is 10.0 Å². The van der Waals surface area contributed by atoms with E-state index in [1.807, 2.05) is 43.3 Å². The number of ether oxygens (including phenoxy) is 1. The topological polar surface area (TPSA) is 46.6 Å². The van der Waals surface area contributed by atoms with Crippen molar-refractivity contribution in [2.45, 2.75) is 37.9 Å². The molecule has 26 heavy (non-hydrogen) atoms. The zero-order valence-corrected chi connectivity index (χ0v) is 16.3. The molecule has 0 radical (unpaired) electrons. The van der Waals surface area contributed by atoms with Crippen molar-refractivity contribution in [3.8, 4) is 5.75 Å². The molecule has 0 aliphatic carbocycles. The Morgan fingerprint density at radius 3 is 2.58 bits per heavy atom. The molecule has 0 aromatic heterocycles. The molecule has 0 amide bonds. The standard InChI is InChI=1S/C21H27NO3S/c1-17-6-5-7-18(14-17)16-26(23,24)22-13-4-3-8-20(15-22)19-9-11-21(25-2)12-10-19/h5-7,9-12,14,20H,3-4,8,13,15-16H2,1-2H3. The van der Waals surface area contributed by atoms with Gasteiger partial charge in [-0.1, -0.05) is 48.4 Å². The molecule has 1 saturated heterocycles. The summed E-state index contributed by atoms with van der Waals surface area (Å²) < 4.78 is 32.9. The molecule has 1 atom stereocenters. The van der Waals surface area contributed by atoms with E-state index < -0.39 is 10.0 Å². The van der Waals surface area contributed by atoms with Gasteiger partial charge in [-0.05, 0) is 48.9 Å². The first-order valence-electron chi connectivity index (χ1n) is 9.15. The van der Waals surface area contributed by atoms with Crippen LogP contribution in [-0.4, -0.2) is 32.9 Å². The van der Waals surface area contributed by atoms with Crippen molar-refractivity contribution < 1.29 is 13.2 Å². The predicted octanol–water partition coefficient (Wildman–Crippen LogP) is 4.10. The number of hydrogen-bond acceptors (Lipinski definition) is 3. The molecule has 1 heterocycles. The molecule has 5 heteroatoms. The molecule has 1 aliphatic rings. The third kappa shape index (κ3) is 4.65. The highest BCUT2D eigenvalue weighted by molar-refractivity contribution is 7.88. The van der Waals surface area contributed by atoms with Crippen molar-refractivity contribution in [1.29, 1.82) is 0 Å². The van der Waals surface area contributed by atoms with Crippen LogP contribution in [0.25, 0.3) is 0 Å². The smallest absolute Gasteiger partial charge is 0.218 e. The van der Waals surface area contributed by atoms with Crippen LogP contribution in [0.1, 0.15) is 41.9 Å². The molecule has 0 N–H and O–H groups in total. The molecule has 0 bridgehead atoms. The summed E-state index contributed by atoms with van der Waals surface area (Å²) in [6.07, 6.45) is 2.98. The molecule has 1 unspecified atom stereocenters. The molecule has 0 saturated carbocycles. The second-order valence-electron chi connectivity index (χ2n) is 7.07. The van der Waals surface area contributed by atoms with Gasteiger partial charge in [-0.3, -0.25) is 0 Å². The van der Waals surface area contributed by atoms with E-state index in [9.17, 15) is 8.42 Å². The highest BCUT2D eigenvalue weighted by atomic mass is 32.2. The van der Waals surface area contributed by atoms with Crippen LogP contribution in [0.2, 0.25) is 0 Å². The van der Waals surface area contributed by atoms with Gasteiger partial charge >= 0.3 is 0 Å². The summed E-state index contributed by atoms with van der Waals surface area (Å²) in [5.74, 6) is 1.13. The lowest BCUT2D eigenvalue weighted by Gasteiger charge is -2.24. The van der Waals surface area contributed by atoms with Gasteiger partial charge < -0.3 is 4.74 Å². The van der Waals surface area contributed by atoms with Gasteiger partial charge in [0.25, 0.3) is 0 Å². The molecule has 3 rings (SSSR count). The quantitative estimate of drug-likeness (QED) is 0.793. The zero-order chi connectivity index (χ0) is 18.6. The molecule has 1 fully saturated rings. The number of methoxy groups -OCH3 is 1. The van der Waals surface area contributed by atoms with Crippen LogP contribution in [0.4, 0.5) is 0 Å². The highest BCUT2D eigenvalue weighted by Gasteiger charge is 2.28. The summed E-state index contributed by atoms with van der Waals surface area (Å²) in [5.41, 5.74) is 3.13. The molecular weight excluding hydrogens is 346 g/mol. The lowest BCUT2D eigenvalue weighted by atomic mass is 9.94. The minimum atomic E-state index is -3.32. The Morgan fingerprint density at radius 1 is 1.12 bits per heavy atom. The van der Waals surface area contributed by atoms with E-state index in [2.05, 4.69) is 12.1 Å². The maximum absolute atomic E-state index is 13.0. The monoisotopic (exact) mass is 373 g/mol. The summed E-state index contributed by atoms with van der Waals surface area (Å²) in [4.78, 5) is 0. The fourth-order valence-electron chi connectivity index (χ4n) is 3.61. The van der Waals surface area contributed by atoms with Crippen LogP contribution < -0.4 is 4.74 Å². The van der Waals surface area contributed by atoms with E-state index in [0.29, 0.717) is 13.1 Å². The average Bonchev–Trinajstić information content (AvgIpc) is 2.88. The summed E-state index contributed by atoms with van der Waals surface area (Å²) in [6.45, 7) is 3.16.